The van der Waals surface area contributed by atoms with E-state index in [9.17, 15) is 18.3 Å². The van der Waals surface area contributed by atoms with Crippen LogP contribution < -0.4 is 0 Å². The van der Waals surface area contributed by atoms with Crippen LogP contribution in [0, 0.1) is 0 Å². The van der Waals surface area contributed by atoms with Gasteiger partial charge in [-0.05, 0) is 22.9 Å². The quantitative estimate of drug-likeness (QED) is 0.651. The van der Waals surface area contributed by atoms with E-state index in [1.807, 2.05) is 12.1 Å². The fraction of sp³-hybridized carbons (Fsp3) is 0.0500. The van der Waals surface area contributed by atoms with E-state index in [-0.39, 0.29) is 32.5 Å². The molecule has 1 N–H and O–H groups in total. The Balaban J connectivity index is 2.20. The summed E-state index contributed by atoms with van der Waals surface area (Å²) >= 11 is 6.21. The first-order valence-electron chi connectivity index (χ1n) is 8.06. The summed E-state index contributed by atoms with van der Waals surface area (Å²) in [7, 11) is -2.60. The maximum Gasteiger partial charge on any atom is 0.265 e. The Bertz CT molecular complexity index is 1250. The lowest BCUT2D eigenvalue weighted by molar-refractivity contribution is 0.112. The first-order chi connectivity index (χ1) is 12.9. The molecule has 0 spiro atoms. The molecule has 0 fully saturated rings. The Kier molecular flexibility index (Phi) is 3.98. The second kappa shape index (κ2) is 6.11. The molecule has 1 aliphatic rings. The number of carbonyl (C=O) groups excluding carboxylic acids is 1. The standard InChI is InChI=1S/C20H14ClNO4S/c1-22-19(17-13(11-23)10-9-12-5-2-3-6-14(12)17)20(24)18-15(21)7-4-8-16(18)27(22,25)26/h2-11,24H,1H3. The van der Waals surface area contributed by atoms with Gasteiger partial charge in [-0.2, -0.15) is 0 Å². The fourth-order valence-corrected chi connectivity index (χ4v) is 5.16. The molecule has 0 amide bonds. The molecule has 7 heteroatoms. The highest BCUT2D eigenvalue weighted by Gasteiger charge is 2.37. The largest absolute Gasteiger partial charge is 0.505 e. The number of nitrogens with zero attached hydrogens (tertiary/aromatic N) is 1. The minimum Gasteiger partial charge on any atom is -0.505 e. The van der Waals surface area contributed by atoms with Crippen LogP contribution in [0.15, 0.2) is 59.5 Å². The van der Waals surface area contributed by atoms with Crippen molar-refractivity contribution in [2.75, 3.05) is 7.05 Å². The highest BCUT2D eigenvalue weighted by atomic mass is 35.5. The smallest absolute Gasteiger partial charge is 0.265 e. The summed E-state index contributed by atoms with van der Waals surface area (Å²) in [6.07, 6.45) is 0.643. The monoisotopic (exact) mass is 399 g/mol. The van der Waals surface area contributed by atoms with Crippen molar-refractivity contribution in [1.82, 2.24) is 4.31 Å². The predicted molar refractivity (Wildman–Crippen MR) is 105 cm³/mol. The molecule has 0 radical (unpaired) electrons. The number of rotatable bonds is 2. The van der Waals surface area contributed by atoms with E-state index in [0.717, 1.165) is 9.69 Å². The van der Waals surface area contributed by atoms with E-state index in [0.29, 0.717) is 17.2 Å². The minimum atomic E-state index is -3.95. The minimum absolute atomic E-state index is 0.0227. The lowest BCUT2D eigenvalue weighted by Gasteiger charge is -2.31. The summed E-state index contributed by atoms with van der Waals surface area (Å²) in [5.74, 6) is -0.285. The fourth-order valence-electron chi connectivity index (χ4n) is 3.41. The van der Waals surface area contributed by atoms with Gasteiger partial charge in [-0.15, -0.1) is 0 Å². The van der Waals surface area contributed by atoms with Crippen LogP contribution in [0.1, 0.15) is 21.5 Å². The predicted octanol–water partition coefficient (Wildman–Crippen LogP) is 4.32. The van der Waals surface area contributed by atoms with E-state index in [4.69, 9.17) is 11.6 Å². The number of aliphatic hydroxyl groups is 1. The Labute approximate surface area is 161 Å². The molecule has 0 saturated carbocycles. The molecule has 1 aliphatic heterocycles. The van der Waals surface area contributed by atoms with Crippen molar-refractivity contribution >= 4 is 50.1 Å². The third-order valence-electron chi connectivity index (χ3n) is 4.71. The van der Waals surface area contributed by atoms with Crippen molar-refractivity contribution in [2.24, 2.45) is 0 Å². The molecular formula is C20H14ClNO4S. The van der Waals surface area contributed by atoms with Gasteiger partial charge in [-0.25, -0.2) is 8.42 Å². The number of fused-ring (bicyclic) bond motifs is 2. The summed E-state index contributed by atoms with van der Waals surface area (Å²) in [4.78, 5) is 11.6. The van der Waals surface area contributed by atoms with Crippen molar-refractivity contribution in [3.05, 3.63) is 76.3 Å². The number of halogens is 1. The molecule has 0 bridgehead atoms. The van der Waals surface area contributed by atoms with Crippen LogP contribution in [-0.2, 0) is 10.0 Å². The molecule has 136 valence electrons. The lowest BCUT2D eigenvalue weighted by Crippen LogP contribution is -2.31. The molecule has 0 saturated heterocycles. The maximum absolute atomic E-state index is 13.1. The Morgan fingerprint density at radius 1 is 1.00 bits per heavy atom. The van der Waals surface area contributed by atoms with Gasteiger partial charge in [-0.1, -0.05) is 54.1 Å². The van der Waals surface area contributed by atoms with Gasteiger partial charge < -0.3 is 5.11 Å². The van der Waals surface area contributed by atoms with Gasteiger partial charge in [0.1, 0.15) is 10.6 Å². The van der Waals surface area contributed by atoms with Crippen LogP contribution in [0.2, 0.25) is 5.02 Å². The Hall–Kier alpha value is -2.83. The van der Waals surface area contributed by atoms with E-state index in [2.05, 4.69) is 0 Å². The highest BCUT2D eigenvalue weighted by molar-refractivity contribution is 7.89. The molecule has 0 aromatic heterocycles. The van der Waals surface area contributed by atoms with Gasteiger partial charge in [0.25, 0.3) is 10.0 Å². The SMILES string of the molecule is CN1C(c2c(C=O)ccc3ccccc23)=C(O)c2c(Cl)cccc2S1(=O)=O. The van der Waals surface area contributed by atoms with Crippen LogP contribution in [-0.4, -0.2) is 31.2 Å². The van der Waals surface area contributed by atoms with E-state index < -0.39 is 10.0 Å². The molecule has 3 aromatic rings. The van der Waals surface area contributed by atoms with Crippen molar-refractivity contribution < 1.29 is 18.3 Å². The van der Waals surface area contributed by atoms with Crippen molar-refractivity contribution in [3.63, 3.8) is 0 Å². The van der Waals surface area contributed by atoms with Crippen LogP contribution in [0.3, 0.4) is 0 Å². The molecule has 4 rings (SSSR count). The van der Waals surface area contributed by atoms with Crippen molar-refractivity contribution in [2.45, 2.75) is 4.90 Å². The van der Waals surface area contributed by atoms with Gasteiger partial charge in [0.2, 0.25) is 0 Å². The van der Waals surface area contributed by atoms with Gasteiger partial charge in [0.15, 0.2) is 12.0 Å². The number of aliphatic hydroxyl groups excluding tert-OH is 1. The number of aldehydes is 1. The maximum atomic E-state index is 13.1. The number of hydrogen-bond acceptors (Lipinski definition) is 4. The molecule has 3 aromatic carbocycles. The number of carbonyl (C=O) groups is 1. The summed E-state index contributed by atoms with van der Waals surface area (Å²) in [6.45, 7) is 0. The van der Waals surface area contributed by atoms with Gasteiger partial charge in [0.05, 0.1) is 10.6 Å². The second-order valence-electron chi connectivity index (χ2n) is 6.15. The van der Waals surface area contributed by atoms with Gasteiger partial charge in [-0.3, -0.25) is 9.10 Å². The molecule has 0 atom stereocenters. The molecule has 0 unspecified atom stereocenters. The number of hydrogen-bond donors (Lipinski definition) is 1. The summed E-state index contributed by atoms with van der Waals surface area (Å²) in [5.41, 5.74) is 0.677. The Morgan fingerprint density at radius 2 is 1.74 bits per heavy atom. The third kappa shape index (κ3) is 2.44. The zero-order valence-electron chi connectivity index (χ0n) is 14.2. The zero-order chi connectivity index (χ0) is 19.3. The van der Waals surface area contributed by atoms with Crippen LogP contribution in [0.4, 0.5) is 0 Å². The number of sulfonamides is 1. The van der Waals surface area contributed by atoms with Gasteiger partial charge >= 0.3 is 0 Å². The summed E-state index contributed by atoms with van der Waals surface area (Å²) in [6, 6.07) is 15.1. The third-order valence-corrected chi connectivity index (χ3v) is 6.83. The molecular weight excluding hydrogens is 386 g/mol. The first kappa shape index (κ1) is 17.6. The van der Waals surface area contributed by atoms with Crippen LogP contribution in [0.5, 0.6) is 0 Å². The average Bonchev–Trinajstić information content (AvgIpc) is 2.66. The lowest BCUT2D eigenvalue weighted by atomic mass is 9.95. The average molecular weight is 400 g/mol. The topological polar surface area (TPSA) is 74.7 Å². The summed E-state index contributed by atoms with van der Waals surface area (Å²) in [5, 5.41) is 12.6. The van der Waals surface area contributed by atoms with E-state index in [1.165, 1.54) is 25.2 Å². The number of benzene rings is 3. The molecule has 0 aliphatic carbocycles. The highest BCUT2D eigenvalue weighted by Crippen LogP contribution is 2.44. The van der Waals surface area contributed by atoms with Crippen molar-refractivity contribution in [1.29, 1.82) is 0 Å². The molecule has 1 heterocycles. The van der Waals surface area contributed by atoms with Crippen molar-refractivity contribution in [3.8, 4) is 0 Å². The first-order valence-corrected chi connectivity index (χ1v) is 9.88. The van der Waals surface area contributed by atoms with Crippen LogP contribution in [0.25, 0.3) is 22.2 Å². The zero-order valence-corrected chi connectivity index (χ0v) is 15.8. The van der Waals surface area contributed by atoms with Crippen LogP contribution >= 0.6 is 11.6 Å². The Morgan fingerprint density at radius 3 is 2.48 bits per heavy atom. The van der Waals surface area contributed by atoms with E-state index in [1.54, 1.807) is 24.3 Å². The summed E-state index contributed by atoms with van der Waals surface area (Å²) < 4.78 is 27.1. The molecule has 5 nitrogen and oxygen atoms in total. The van der Waals surface area contributed by atoms with Gasteiger partial charge in [0, 0.05) is 18.2 Å². The normalized spacial score (nSPS) is 15.7. The molecule has 27 heavy (non-hydrogen) atoms. The van der Waals surface area contributed by atoms with E-state index >= 15 is 0 Å². The second-order valence-corrected chi connectivity index (χ2v) is 8.50.